The third-order valence-electron chi connectivity index (χ3n) is 2.92. The molecule has 1 atom stereocenters. The SMILES string of the molecule is O=C(CC1COCCN1)NCc1ccc(F)cc1Br. The topological polar surface area (TPSA) is 50.4 Å². The van der Waals surface area contributed by atoms with Crippen LogP contribution >= 0.6 is 15.9 Å². The van der Waals surface area contributed by atoms with Crippen LogP contribution in [0.2, 0.25) is 0 Å². The Morgan fingerprint density at radius 1 is 1.58 bits per heavy atom. The molecular formula is C13H16BrFN2O2. The fraction of sp³-hybridized carbons (Fsp3) is 0.462. The minimum atomic E-state index is -0.300. The fourth-order valence-electron chi connectivity index (χ4n) is 1.91. The molecule has 104 valence electrons. The average Bonchev–Trinajstić information content (AvgIpc) is 2.39. The number of carbonyl (C=O) groups is 1. The molecule has 4 nitrogen and oxygen atoms in total. The number of hydrogen-bond acceptors (Lipinski definition) is 3. The van der Waals surface area contributed by atoms with E-state index >= 15 is 0 Å². The van der Waals surface area contributed by atoms with Crippen molar-refractivity contribution in [2.75, 3.05) is 19.8 Å². The molecule has 0 aliphatic carbocycles. The maximum Gasteiger partial charge on any atom is 0.221 e. The van der Waals surface area contributed by atoms with Gasteiger partial charge in [-0.2, -0.15) is 0 Å². The predicted molar refractivity (Wildman–Crippen MR) is 73.2 cm³/mol. The zero-order chi connectivity index (χ0) is 13.7. The van der Waals surface area contributed by atoms with Crippen LogP contribution in [0.25, 0.3) is 0 Å². The van der Waals surface area contributed by atoms with Gasteiger partial charge in [0.25, 0.3) is 0 Å². The largest absolute Gasteiger partial charge is 0.378 e. The first-order chi connectivity index (χ1) is 9.15. The number of morpholine rings is 1. The molecule has 0 radical (unpaired) electrons. The number of carbonyl (C=O) groups excluding carboxylic acids is 1. The highest BCUT2D eigenvalue weighted by molar-refractivity contribution is 9.10. The molecular weight excluding hydrogens is 315 g/mol. The van der Waals surface area contributed by atoms with Crippen LogP contribution < -0.4 is 10.6 Å². The normalized spacial score (nSPS) is 19.2. The van der Waals surface area contributed by atoms with Gasteiger partial charge in [-0.1, -0.05) is 22.0 Å². The number of rotatable bonds is 4. The highest BCUT2D eigenvalue weighted by Crippen LogP contribution is 2.17. The Hall–Kier alpha value is -0.980. The number of halogens is 2. The Bertz CT molecular complexity index is 450. The van der Waals surface area contributed by atoms with Gasteiger partial charge in [-0.3, -0.25) is 4.79 Å². The molecule has 19 heavy (non-hydrogen) atoms. The third-order valence-corrected chi connectivity index (χ3v) is 3.66. The van der Waals surface area contributed by atoms with E-state index < -0.39 is 0 Å². The van der Waals surface area contributed by atoms with Crippen molar-refractivity contribution in [2.45, 2.75) is 19.0 Å². The Morgan fingerprint density at radius 2 is 2.42 bits per heavy atom. The summed E-state index contributed by atoms with van der Waals surface area (Å²) in [4.78, 5) is 11.8. The minimum absolute atomic E-state index is 0.0424. The average molecular weight is 331 g/mol. The molecule has 1 aliphatic rings. The van der Waals surface area contributed by atoms with Gasteiger partial charge in [0.15, 0.2) is 0 Å². The number of ether oxygens (including phenoxy) is 1. The summed E-state index contributed by atoms with van der Waals surface area (Å²) < 4.78 is 18.9. The van der Waals surface area contributed by atoms with E-state index in [0.29, 0.717) is 30.7 Å². The second-order valence-electron chi connectivity index (χ2n) is 4.44. The summed E-state index contributed by atoms with van der Waals surface area (Å²) in [6.45, 7) is 2.42. The summed E-state index contributed by atoms with van der Waals surface area (Å²) in [5.41, 5.74) is 0.850. The third kappa shape index (κ3) is 4.56. The molecule has 1 aromatic rings. The van der Waals surface area contributed by atoms with Gasteiger partial charge in [-0.15, -0.1) is 0 Å². The summed E-state index contributed by atoms with van der Waals surface area (Å²) in [7, 11) is 0. The van der Waals surface area contributed by atoms with E-state index in [1.807, 2.05) is 0 Å². The lowest BCUT2D eigenvalue weighted by molar-refractivity contribution is -0.122. The van der Waals surface area contributed by atoms with E-state index in [0.717, 1.165) is 12.1 Å². The van der Waals surface area contributed by atoms with E-state index in [2.05, 4.69) is 26.6 Å². The van der Waals surface area contributed by atoms with Gasteiger partial charge in [0, 0.05) is 30.0 Å². The quantitative estimate of drug-likeness (QED) is 0.881. The van der Waals surface area contributed by atoms with Crippen molar-refractivity contribution in [1.82, 2.24) is 10.6 Å². The Kier molecular flexibility index (Phi) is 5.30. The molecule has 6 heteroatoms. The summed E-state index contributed by atoms with van der Waals surface area (Å²) >= 11 is 3.27. The first-order valence-corrected chi connectivity index (χ1v) is 6.96. The van der Waals surface area contributed by atoms with Crippen LogP contribution in [-0.2, 0) is 16.1 Å². The molecule has 0 aromatic heterocycles. The van der Waals surface area contributed by atoms with Gasteiger partial charge in [0.05, 0.1) is 13.2 Å². The molecule has 1 amide bonds. The lowest BCUT2D eigenvalue weighted by atomic mass is 10.1. The molecule has 1 unspecified atom stereocenters. The zero-order valence-corrected chi connectivity index (χ0v) is 12.0. The van der Waals surface area contributed by atoms with Crippen molar-refractivity contribution in [3.8, 4) is 0 Å². The van der Waals surface area contributed by atoms with Crippen LogP contribution in [0.3, 0.4) is 0 Å². The Morgan fingerprint density at radius 3 is 3.11 bits per heavy atom. The first kappa shape index (κ1) is 14.4. The van der Waals surface area contributed by atoms with E-state index in [9.17, 15) is 9.18 Å². The fourth-order valence-corrected chi connectivity index (χ4v) is 2.40. The molecule has 0 bridgehead atoms. The monoisotopic (exact) mass is 330 g/mol. The standard InChI is InChI=1S/C13H16BrFN2O2/c14-12-5-10(15)2-1-9(12)7-17-13(18)6-11-8-19-4-3-16-11/h1-2,5,11,16H,3-4,6-8H2,(H,17,18). The predicted octanol–water partition coefficient (Wildman–Crippen LogP) is 1.58. The van der Waals surface area contributed by atoms with Crippen LogP contribution in [-0.4, -0.2) is 31.7 Å². The van der Waals surface area contributed by atoms with Crippen molar-refractivity contribution in [1.29, 1.82) is 0 Å². The van der Waals surface area contributed by atoms with Crippen molar-refractivity contribution in [3.05, 3.63) is 34.1 Å². The van der Waals surface area contributed by atoms with Gasteiger partial charge in [-0.05, 0) is 17.7 Å². The van der Waals surface area contributed by atoms with E-state index in [1.165, 1.54) is 12.1 Å². The number of benzene rings is 1. The molecule has 1 fully saturated rings. The highest BCUT2D eigenvalue weighted by atomic mass is 79.9. The molecule has 2 rings (SSSR count). The Balaban J connectivity index is 1.79. The van der Waals surface area contributed by atoms with Crippen molar-refractivity contribution < 1.29 is 13.9 Å². The minimum Gasteiger partial charge on any atom is -0.378 e. The van der Waals surface area contributed by atoms with Crippen LogP contribution in [0.1, 0.15) is 12.0 Å². The Labute approximate surface area is 119 Å². The maximum atomic E-state index is 12.9. The number of amides is 1. The van der Waals surface area contributed by atoms with E-state index in [1.54, 1.807) is 6.07 Å². The second-order valence-corrected chi connectivity index (χ2v) is 5.30. The maximum absolute atomic E-state index is 12.9. The molecule has 0 spiro atoms. The van der Waals surface area contributed by atoms with Crippen molar-refractivity contribution in [3.63, 3.8) is 0 Å². The van der Waals surface area contributed by atoms with Gasteiger partial charge in [-0.25, -0.2) is 4.39 Å². The number of hydrogen-bond donors (Lipinski definition) is 2. The summed E-state index contributed by atoms with van der Waals surface area (Å²) in [6, 6.07) is 4.49. The first-order valence-electron chi connectivity index (χ1n) is 6.17. The van der Waals surface area contributed by atoms with Crippen LogP contribution in [0.15, 0.2) is 22.7 Å². The van der Waals surface area contributed by atoms with Gasteiger partial charge in [0.1, 0.15) is 5.82 Å². The zero-order valence-electron chi connectivity index (χ0n) is 10.4. The molecule has 1 aromatic carbocycles. The van der Waals surface area contributed by atoms with Gasteiger partial charge in [0.2, 0.25) is 5.91 Å². The van der Waals surface area contributed by atoms with Crippen molar-refractivity contribution >= 4 is 21.8 Å². The van der Waals surface area contributed by atoms with Gasteiger partial charge >= 0.3 is 0 Å². The van der Waals surface area contributed by atoms with Crippen molar-refractivity contribution in [2.24, 2.45) is 0 Å². The van der Waals surface area contributed by atoms with E-state index in [-0.39, 0.29) is 17.8 Å². The van der Waals surface area contributed by atoms with Crippen LogP contribution in [0, 0.1) is 5.82 Å². The highest BCUT2D eigenvalue weighted by Gasteiger charge is 2.16. The van der Waals surface area contributed by atoms with Gasteiger partial charge < -0.3 is 15.4 Å². The molecule has 1 saturated heterocycles. The summed E-state index contributed by atoms with van der Waals surface area (Å²) in [6.07, 6.45) is 0.388. The molecule has 2 N–H and O–H groups in total. The second kappa shape index (κ2) is 6.98. The number of nitrogens with one attached hydrogen (secondary N) is 2. The van der Waals surface area contributed by atoms with Crippen LogP contribution in [0.5, 0.6) is 0 Å². The summed E-state index contributed by atoms with van der Waals surface area (Å²) in [5.74, 6) is -0.343. The van der Waals surface area contributed by atoms with E-state index in [4.69, 9.17) is 4.74 Å². The lowest BCUT2D eigenvalue weighted by Crippen LogP contribution is -2.44. The smallest absolute Gasteiger partial charge is 0.221 e. The molecule has 1 heterocycles. The molecule has 0 saturated carbocycles. The lowest BCUT2D eigenvalue weighted by Gasteiger charge is -2.23. The molecule has 1 aliphatic heterocycles. The summed E-state index contributed by atoms with van der Waals surface area (Å²) in [5, 5.41) is 6.04. The van der Waals surface area contributed by atoms with Crippen LogP contribution in [0.4, 0.5) is 4.39 Å².